The lowest BCUT2D eigenvalue weighted by Crippen LogP contribution is -2.37. The van der Waals surface area contributed by atoms with E-state index in [4.69, 9.17) is 39.0 Å². The smallest absolute Gasteiger partial charge is 0.386 e. The molecule has 3 aliphatic rings. The van der Waals surface area contributed by atoms with Crippen LogP contribution in [0.4, 0.5) is 20.3 Å². The number of ether oxygens (including phenoxy) is 2. The van der Waals surface area contributed by atoms with Crippen LogP contribution in [-0.2, 0) is 36.7 Å². The van der Waals surface area contributed by atoms with Crippen molar-refractivity contribution in [2.45, 2.75) is 49.2 Å². The van der Waals surface area contributed by atoms with Crippen molar-refractivity contribution >= 4 is 67.9 Å². The van der Waals surface area contributed by atoms with Crippen LogP contribution in [0.1, 0.15) is 12.5 Å². The van der Waals surface area contributed by atoms with Gasteiger partial charge in [0.1, 0.15) is 41.8 Å². The number of aromatic nitrogens is 7. The van der Waals surface area contributed by atoms with Gasteiger partial charge in [-0.15, -0.1) is 0 Å². The van der Waals surface area contributed by atoms with Gasteiger partial charge in [0.05, 0.1) is 31.6 Å². The first-order valence-electron chi connectivity index (χ1n) is 13.1. The lowest BCUT2D eigenvalue weighted by Gasteiger charge is -2.29. The van der Waals surface area contributed by atoms with Crippen molar-refractivity contribution in [3.05, 3.63) is 31.2 Å². The van der Waals surface area contributed by atoms with E-state index in [0.29, 0.717) is 11.2 Å². The van der Waals surface area contributed by atoms with E-state index in [2.05, 4.69) is 37.2 Å². The maximum atomic E-state index is 16.0. The number of anilines is 2. The molecule has 4 aromatic rings. The van der Waals surface area contributed by atoms with E-state index in [-0.39, 0.29) is 22.6 Å². The number of fused-ring (bicyclic) bond motifs is 4. The maximum Gasteiger partial charge on any atom is 0.386 e. The normalized spacial score (nSPS) is 38.2. The minimum atomic E-state index is -4.36. The zero-order chi connectivity index (χ0) is 31.0. The summed E-state index contributed by atoms with van der Waals surface area (Å²) in [6.07, 6.45) is -7.32. The Morgan fingerprint density at radius 3 is 2.14 bits per heavy atom. The Hall–Kier alpha value is -2.74. The van der Waals surface area contributed by atoms with Crippen LogP contribution in [0.5, 0.6) is 0 Å². The molecule has 7 rings (SSSR count). The number of thiol groups is 1. The summed E-state index contributed by atoms with van der Waals surface area (Å²) < 4.78 is 95.2. The number of imidazole rings is 2. The molecule has 4 aromatic heterocycles. The maximum absolute atomic E-state index is 16.0. The summed E-state index contributed by atoms with van der Waals surface area (Å²) in [5.74, 6) is 0.0654. The van der Waals surface area contributed by atoms with Gasteiger partial charge < -0.3 is 30.0 Å². The fourth-order valence-corrected chi connectivity index (χ4v) is 8.02. The highest BCUT2D eigenvalue weighted by Crippen LogP contribution is 2.58. The fourth-order valence-electron chi connectivity index (χ4n) is 5.36. The van der Waals surface area contributed by atoms with E-state index in [0.717, 1.165) is 7.57 Å². The summed E-state index contributed by atoms with van der Waals surface area (Å²) in [4.78, 5) is 20.4. The number of pyridine rings is 1. The monoisotopic (exact) mass is 673 g/mol. The molecule has 0 bridgehead atoms. The first-order chi connectivity index (χ1) is 20.9. The van der Waals surface area contributed by atoms with Gasteiger partial charge in [0.15, 0.2) is 41.9 Å². The highest BCUT2D eigenvalue weighted by molar-refractivity contribution is 8.44. The standard InChI is InChI=1S/C21H24BF2N9O8P2S/c22-42(34)36-3-9-16(12(24)21(38-9)32-6-30-13-8(25)1-2-27-18(13)32)41-43(35,44)37-4-10-15(40-42)11(23)20(39-10)33-7-31-14-17(26)28-5-29-19(14)33/h1-2,5-7,9-12,15-16,20-21H,3-4,22H2,(H2,25,27)(H,35,44)(H2,26,28,29)/t9-,10-,11-,12-,15-,16-,20-,21-,42-,43-/m1/s1. The number of rotatable bonds is 2. The molecule has 44 heavy (non-hydrogen) atoms. The number of nitrogens with zero attached hydrogens (tertiary/aromatic N) is 7. The lowest BCUT2D eigenvalue weighted by molar-refractivity contribution is -0.0546. The first kappa shape index (κ1) is 29.9. The average molecular weight is 673 g/mol. The van der Waals surface area contributed by atoms with Crippen molar-refractivity contribution in [2.75, 3.05) is 24.7 Å². The largest absolute Gasteiger partial charge is 0.397 e. The average Bonchev–Trinajstić information content (AvgIpc) is 3.73. The van der Waals surface area contributed by atoms with Crippen LogP contribution in [-0.4, -0.2) is 91.6 Å². The second-order valence-corrected chi connectivity index (χ2v) is 15.2. The summed E-state index contributed by atoms with van der Waals surface area (Å²) in [7, 11) is -2.95. The molecule has 0 aliphatic carbocycles. The van der Waals surface area contributed by atoms with E-state index >= 15 is 8.78 Å². The van der Waals surface area contributed by atoms with Crippen LogP contribution in [0.2, 0.25) is 0 Å². The molecule has 10 atom stereocenters. The van der Waals surface area contributed by atoms with Crippen LogP contribution in [0.3, 0.4) is 0 Å². The molecule has 7 heterocycles. The molecule has 23 heteroatoms. The predicted octanol–water partition coefficient (Wildman–Crippen LogP) is 1.50. The van der Waals surface area contributed by atoms with Gasteiger partial charge in [0, 0.05) is 6.20 Å². The lowest BCUT2D eigenvalue weighted by atomic mass is 10.1. The number of alkyl halides is 2. The van der Waals surface area contributed by atoms with Gasteiger partial charge in [-0.3, -0.25) is 22.7 Å². The molecule has 3 aliphatic heterocycles. The van der Waals surface area contributed by atoms with Gasteiger partial charge in [-0.2, -0.15) is 0 Å². The van der Waals surface area contributed by atoms with Crippen molar-refractivity contribution in [3.8, 4) is 0 Å². The third-order valence-corrected chi connectivity index (χ3v) is 10.3. The van der Waals surface area contributed by atoms with E-state index in [1.54, 1.807) is 0 Å². The molecular weight excluding hydrogens is 649 g/mol. The summed E-state index contributed by atoms with van der Waals surface area (Å²) in [6.45, 7) is -5.53. The van der Waals surface area contributed by atoms with Crippen molar-refractivity contribution in [1.29, 1.82) is 0 Å². The van der Waals surface area contributed by atoms with Crippen molar-refractivity contribution in [1.82, 2.24) is 34.1 Å². The van der Waals surface area contributed by atoms with Crippen LogP contribution in [0, 0.1) is 0 Å². The molecule has 0 saturated carbocycles. The quantitative estimate of drug-likeness (QED) is 0.156. The second kappa shape index (κ2) is 11.0. The summed E-state index contributed by atoms with van der Waals surface area (Å²) in [5, 5.41) is 0. The molecule has 3 saturated heterocycles. The van der Waals surface area contributed by atoms with Gasteiger partial charge in [0.2, 0.25) is 0 Å². The zero-order valence-electron chi connectivity index (χ0n) is 22.6. The Balaban J connectivity index is 1.17. The molecule has 0 spiro atoms. The van der Waals surface area contributed by atoms with Gasteiger partial charge in [-0.25, -0.2) is 38.3 Å². The van der Waals surface area contributed by atoms with Crippen LogP contribution < -0.4 is 11.5 Å². The highest BCUT2D eigenvalue weighted by Gasteiger charge is 2.54. The molecule has 0 amide bonds. The zero-order valence-corrected chi connectivity index (χ0v) is 25.3. The topological polar surface area (TPSA) is 216 Å². The van der Waals surface area contributed by atoms with E-state index in [1.807, 2.05) is 0 Å². The highest BCUT2D eigenvalue weighted by atomic mass is 32.7. The van der Waals surface area contributed by atoms with Gasteiger partial charge >= 0.3 is 6.80 Å². The molecule has 0 aromatic carbocycles. The Morgan fingerprint density at radius 2 is 1.45 bits per heavy atom. The van der Waals surface area contributed by atoms with Crippen molar-refractivity contribution < 1.29 is 45.5 Å². The molecular formula is C21H24BF2N9O8P2S. The van der Waals surface area contributed by atoms with Crippen LogP contribution in [0.15, 0.2) is 31.2 Å². The number of halogens is 2. The number of hydrogen-bond donors (Lipinski definition) is 3. The van der Waals surface area contributed by atoms with Crippen LogP contribution >= 0.6 is 26.5 Å². The molecule has 17 nitrogen and oxygen atoms in total. The van der Waals surface area contributed by atoms with Gasteiger partial charge in [-0.05, 0) is 6.07 Å². The van der Waals surface area contributed by atoms with E-state index < -0.39 is 76.7 Å². The minimum Gasteiger partial charge on any atom is -0.397 e. The predicted molar refractivity (Wildman–Crippen MR) is 154 cm³/mol. The summed E-state index contributed by atoms with van der Waals surface area (Å²) in [5.41, 5.74) is 13.0. The second-order valence-electron chi connectivity index (χ2n) is 10.3. The molecule has 3 fully saturated rings. The van der Waals surface area contributed by atoms with Crippen molar-refractivity contribution in [2.24, 2.45) is 0 Å². The van der Waals surface area contributed by atoms with Gasteiger partial charge in [-0.1, -0.05) is 12.2 Å². The molecule has 234 valence electrons. The third kappa shape index (κ3) is 5.19. The number of hydrogen-bond acceptors (Lipinski definition) is 15. The van der Waals surface area contributed by atoms with Crippen molar-refractivity contribution in [3.63, 3.8) is 0 Å². The Bertz CT molecular complexity index is 1710. The number of nitrogen functional groups attached to an aromatic ring is 2. The van der Waals surface area contributed by atoms with E-state index in [1.165, 1.54) is 40.4 Å². The Morgan fingerprint density at radius 1 is 0.864 bits per heavy atom. The molecule has 4 N–H and O–H groups in total. The molecule has 0 unspecified atom stereocenters. The van der Waals surface area contributed by atoms with Crippen LogP contribution in [0.25, 0.3) is 22.3 Å². The summed E-state index contributed by atoms with van der Waals surface area (Å²) in [6, 6.07) is 1.53. The molecule has 0 radical (unpaired) electrons. The third-order valence-electron chi connectivity index (χ3n) is 7.40. The Kier molecular flexibility index (Phi) is 7.46. The van der Waals surface area contributed by atoms with Gasteiger partial charge in [0.25, 0.3) is 15.0 Å². The summed E-state index contributed by atoms with van der Waals surface area (Å²) >= 11 is 4.02. The van der Waals surface area contributed by atoms with E-state index in [9.17, 15) is 9.13 Å². The Labute approximate surface area is 252 Å². The fraction of sp³-hybridized carbons (Fsp3) is 0.476. The first-order valence-corrected chi connectivity index (χ1v) is 17.8. The SMILES string of the molecule is B[P@@]1(=O)OC[C@H]2O[C@@H](n3cnc4c(N)ccnc43)[C@H](F)[C@@H]2O[P@](=O)(S)OC[C@H]2O[C@@H](n3cnc4c(N)ncnc43)[C@H](F)[C@@H]2O1. The minimum absolute atomic E-state index is 0.0654. The number of nitrogens with two attached hydrogens (primary N) is 2.